The molecule has 3 rings (SSSR count). The van der Waals surface area contributed by atoms with E-state index in [1.807, 2.05) is 0 Å². The average molecular weight is 513 g/mol. The molecule has 9 nitrogen and oxygen atoms in total. The van der Waals surface area contributed by atoms with E-state index in [1.165, 1.54) is 18.3 Å². The van der Waals surface area contributed by atoms with E-state index in [0.717, 1.165) is 11.6 Å². The smallest absolute Gasteiger partial charge is 0.329 e. The lowest BCUT2D eigenvalue weighted by Gasteiger charge is -2.10. The van der Waals surface area contributed by atoms with Gasteiger partial charge in [0.25, 0.3) is 5.91 Å². The lowest BCUT2D eigenvalue weighted by atomic mass is 10.2. The van der Waals surface area contributed by atoms with Gasteiger partial charge in [-0.25, -0.2) is 9.82 Å². The quantitative estimate of drug-likeness (QED) is 0.231. The molecular weight excluding hydrogens is 491 g/mol. The van der Waals surface area contributed by atoms with Crippen LogP contribution in [-0.4, -0.2) is 37.7 Å². The molecule has 0 aliphatic rings. The molecule has 0 aliphatic heterocycles. The van der Waals surface area contributed by atoms with Gasteiger partial charge in [0, 0.05) is 17.8 Å². The van der Waals surface area contributed by atoms with Crippen LogP contribution < -0.4 is 25.5 Å². The Morgan fingerprint density at radius 1 is 1.03 bits per heavy atom. The Hall–Kier alpha value is -4.44. The van der Waals surface area contributed by atoms with Crippen LogP contribution in [0.2, 0.25) is 5.02 Å². The van der Waals surface area contributed by atoms with Crippen molar-refractivity contribution < 1.29 is 28.2 Å². The van der Waals surface area contributed by atoms with Gasteiger partial charge in [0.15, 0.2) is 6.61 Å². The minimum atomic E-state index is -0.949. The fraction of sp³-hybridized carbons (Fsp3) is 0.120. The molecule has 3 aromatic rings. The Morgan fingerprint density at radius 3 is 2.50 bits per heavy atom. The molecule has 0 atom stereocenters. The second kappa shape index (κ2) is 12.9. The van der Waals surface area contributed by atoms with Crippen molar-refractivity contribution in [3.63, 3.8) is 0 Å². The number of hydrazone groups is 1. The minimum absolute atomic E-state index is 0.119. The van der Waals surface area contributed by atoms with E-state index in [-0.39, 0.29) is 18.2 Å². The number of nitrogens with one attached hydrogen (secondary N) is 3. The van der Waals surface area contributed by atoms with Crippen LogP contribution in [0.1, 0.15) is 11.1 Å². The number of methoxy groups -OCH3 is 1. The molecule has 3 aromatic carbocycles. The van der Waals surface area contributed by atoms with Crippen molar-refractivity contribution in [1.29, 1.82) is 0 Å². The fourth-order valence-corrected chi connectivity index (χ4v) is 3.03. The number of benzene rings is 3. The molecule has 0 radical (unpaired) electrons. The molecule has 36 heavy (non-hydrogen) atoms. The summed E-state index contributed by atoms with van der Waals surface area (Å²) < 4.78 is 23.8. The van der Waals surface area contributed by atoms with E-state index >= 15 is 0 Å². The number of amides is 3. The number of ether oxygens (including phenoxy) is 2. The standard InChI is InChI=1S/C25H22ClFN4O5/c1-35-19-9-6-16(7-10-19)13-28-24(33)25(34)31-29-14-17-4-2-3-5-22(17)36-15-23(32)30-18-8-11-21(27)20(26)12-18/h2-12,14H,13,15H2,1H3,(H,28,33)(H,30,32)(H,31,34)/b29-14-. The Morgan fingerprint density at radius 2 is 1.78 bits per heavy atom. The maximum Gasteiger partial charge on any atom is 0.329 e. The number of carbonyl (C=O) groups is 3. The molecule has 0 saturated carbocycles. The summed E-state index contributed by atoms with van der Waals surface area (Å²) in [5.41, 5.74) is 3.70. The van der Waals surface area contributed by atoms with Crippen molar-refractivity contribution in [3.8, 4) is 11.5 Å². The first-order chi connectivity index (χ1) is 17.4. The van der Waals surface area contributed by atoms with Crippen molar-refractivity contribution in [1.82, 2.24) is 10.7 Å². The molecule has 3 N–H and O–H groups in total. The molecule has 0 saturated heterocycles. The maximum absolute atomic E-state index is 13.2. The van der Waals surface area contributed by atoms with Gasteiger partial charge in [-0.1, -0.05) is 35.9 Å². The molecule has 3 amide bonds. The third-order valence-electron chi connectivity index (χ3n) is 4.67. The number of anilines is 1. The second-order valence-corrected chi connectivity index (χ2v) is 7.64. The number of hydrogen-bond donors (Lipinski definition) is 3. The highest BCUT2D eigenvalue weighted by Gasteiger charge is 2.12. The molecule has 0 aromatic heterocycles. The van der Waals surface area contributed by atoms with Gasteiger partial charge >= 0.3 is 11.8 Å². The van der Waals surface area contributed by atoms with Gasteiger partial charge in [-0.2, -0.15) is 5.10 Å². The Balaban J connectivity index is 1.48. The average Bonchev–Trinajstić information content (AvgIpc) is 2.89. The Kier molecular flexibility index (Phi) is 9.35. The number of rotatable bonds is 9. The van der Waals surface area contributed by atoms with Crippen LogP contribution in [0.25, 0.3) is 0 Å². The first kappa shape index (κ1) is 26.2. The summed E-state index contributed by atoms with van der Waals surface area (Å²) in [6.07, 6.45) is 1.28. The molecule has 186 valence electrons. The zero-order valence-electron chi connectivity index (χ0n) is 19.1. The van der Waals surface area contributed by atoms with Crippen LogP contribution in [-0.2, 0) is 20.9 Å². The van der Waals surface area contributed by atoms with E-state index in [9.17, 15) is 18.8 Å². The SMILES string of the molecule is COc1ccc(CNC(=O)C(=O)N/N=C\c2ccccc2OCC(=O)Nc2ccc(F)c(Cl)c2)cc1. The molecule has 11 heteroatoms. The van der Waals surface area contributed by atoms with E-state index in [0.29, 0.717) is 22.7 Å². The molecule has 0 aliphatic carbocycles. The second-order valence-electron chi connectivity index (χ2n) is 7.23. The van der Waals surface area contributed by atoms with Crippen LogP contribution >= 0.6 is 11.6 Å². The van der Waals surface area contributed by atoms with Gasteiger partial charge in [0.1, 0.15) is 17.3 Å². The zero-order chi connectivity index (χ0) is 25.9. The Bertz CT molecular complexity index is 1270. The van der Waals surface area contributed by atoms with Crippen LogP contribution in [0, 0.1) is 5.82 Å². The van der Waals surface area contributed by atoms with Crippen LogP contribution in [0.5, 0.6) is 11.5 Å². The van der Waals surface area contributed by atoms with Crippen LogP contribution in [0.3, 0.4) is 0 Å². The largest absolute Gasteiger partial charge is 0.497 e. The summed E-state index contributed by atoms with van der Waals surface area (Å²) in [5, 5.41) is 8.70. The summed E-state index contributed by atoms with van der Waals surface area (Å²) in [7, 11) is 1.55. The number of nitrogens with zero attached hydrogens (tertiary/aromatic N) is 1. The summed E-state index contributed by atoms with van der Waals surface area (Å²) in [6.45, 7) is -0.192. The van der Waals surface area contributed by atoms with Gasteiger partial charge in [0.05, 0.1) is 18.3 Å². The topological polar surface area (TPSA) is 118 Å². The number of para-hydroxylation sites is 1. The van der Waals surface area contributed by atoms with E-state index in [2.05, 4.69) is 21.2 Å². The highest BCUT2D eigenvalue weighted by Crippen LogP contribution is 2.20. The highest BCUT2D eigenvalue weighted by molar-refractivity contribution is 6.35. The number of halogens is 2. The van der Waals surface area contributed by atoms with Crippen molar-refractivity contribution in [2.75, 3.05) is 19.0 Å². The molecular formula is C25H22ClFN4O5. The van der Waals surface area contributed by atoms with Crippen molar-refractivity contribution in [2.45, 2.75) is 6.54 Å². The summed E-state index contributed by atoms with van der Waals surface area (Å²) in [6, 6.07) is 17.5. The number of hydrogen-bond acceptors (Lipinski definition) is 6. The first-order valence-electron chi connectivity index (χ1n) is 10.6. The molecule has 0 fully saturated rings. The van der Waals surface area contributed by atoms with Gasteiger partial charge in [-0.15, -0.1) is 0 Å². The van der Waals surface area contributed by atoms with Gasteiger partial charge in [0.2, 0.25) is 0 Å². The maximum atomic E-state index is 13.2. The van der Waals surface area contributed by atoms with E-state index in [1.54, 1.807) is 55.6 Å². The summed E-state index contributed by atoms with van der Waals surface area (Å²) >= 11 is 5.71. The third-order valence-corrected chi connectivity index (χ3v) is 4.96. The van der Waals surface area contributed by atoms with Crippen molar-refractivity contribution in [3.05, 3.63) is 88.7 Å². The first-order valence-corrected chi connectivity index (χ1v) is 10.9. The lowest BCUT2D eigenvalue weighted by molar-refractivity contribution is -0.139. The van der Waals surface area contributed by atoms with Crippen LogP contribution in [0.15, 0.2) is 71.8 Å². The Labute approximate surface area is 211 Å². The third kappa shape index (κ3) is 7.81. The molecule has 0 heterocycles. The molecule has 0 bridgehead atoms. The van der Waals surface area contributed by atoms with Crippen molar-refractivity contribution >= 4 is 41.2 Å². The fourth-order valence-electron chi connectivity index (χ4n) is 2.85. The predicted molar refractivity (Wildman–Crippen MR) is 133 cm³/mol. The molecule has 0 unspecified atom stereocenters. The van der Waals surface area contributed by atoms with Crippen molar-refractivity contribution in [2.24, 2.45) is 5.10 Å². The highest BCUT2D eigenvalue weighted by atomic mass is 35.5. The predicted octanol–water partition coefficient (Wildman–Crippen LogP) is 3.27. The summed E-state index contributed by atoms with van der Waals surface area (Å²) in [5.74, 6) is -1.90. The normalized spacial score (nSPS) is 10.5. The molecule has 0 spiro atoms. The van der Waals surface area contributed by atoms with Gasteiger partial charge in [-0.05, 0) is 48.0 Å². The lowest BCUT2D eigenvalue weighted by Crippen LogP contribution is -2.37. The number of carbonyl (C=O) groups excluding carboxylic acids is 3. The van der Waals surface area contributed by atoms with E-state index in [4.69, 9.17) is 21.1 Å². The van der Waals surface area contributed by atoms with Gasteiger partial charge in [-0.3, -0.25) is 14.4 Å². The summed E-state index contributed by atoms with van der Waals surface area (Å²) in [4.78, 5) is 36.1. The monoisotopic (exact) mass is 512 g/mol. The van der Waals surface area contributed by atoms with E-state index < -0.39 is 23.5 Å². The zero-order valence-corrected chi connectivity index (χ0v) is 19.8. The van der Waals surface area contributed by atoms with Gasteiger partial charge < -0.3 is 20.1 Å². The minimum Gasteiger partial charge on any atom is -0.497 e. The van der Waals surface area contributed by atoms with Crippen LogP contribution in [0.4, 0.5) is 10.1 Å².